The molecule has 21 heavy (non-hydrogen) atoms. The lowest BCUT2D eigenvalue weighted by atomic mass is 10.1. The SMILES string of the molecule is O=S(=O)(NCCc1cc(F)cc(F)c1)c1ccsc1CO. The van der Waals surface area contributed by atoms with E-state index in [1.165, 1.54) is 6.07 Å². The standard InChI is InChI=1S/C13H13F2NO3S2/c14-10-5-9(6-11(15)7-10)1-3-16-21(18,19)13-2-4-20-12(13)8-17/h2,4-7,16-17H,1,3,8H2. The maximum Gasteiger partial charge on any atom is 0.241 e. The molecule has 1 aromatic heterocycles. The number of sulfonamides is 1. The predicted molar refractivity (Wildman–Crippen MR) is 75.5 cm³/mol. The highest BCUT2D eigenvalue weighted by atomic mass is 32.2. The van der Waals surface area contributed by atoms with Gasteiger partial charge in [-0.25, -0.2) is 21.9 Å². The van der Waals surface area contributed by atoms with Gasteiger partial charge in [0.15, 0.2) is 0 Å². The van der Waals surface area contributed by atoms with E-state index in [0.717, 1.165) is 29.5 Å². The van der Waals surface area contributed by atoms with Crippen LogP contribution in [0.4, 0.5) is 8.78 Å². The van der Waals surface area contributed by atoms with Gasteiger partial charge in [0.05, 0.1) is 11.5 Å². The van der Waals surface area contributed by atoms with E-state index in [-0.39, 0.29) is 24.5 Å². The Morgan fingerprint density at radius 2 is 1.86 bits per heavy atom. The Morgan fingerprint density at radius 1 is 1.19 bits per heavy atom. The molecule has 1 aromatic carbocycles. The van der Waals surface area contributed by atoms with Crippen molar-refractivity contribution in [3.63, 3.8) is 0 Å². The number of halogens is 2. The molecule has 2 N–H and O–H groups in total. The fourth-order valence-corrected chi connectivity index (χ4v) is 4.17. The van der Waals surface area contributed by atoms with E-state index >= 15 is 0 Å². The van der Waals surface area contributed by atoms with Gasteiger partial charge in [0.2, 0.25) is 10.0 Å². The predicted octanol–water partition coefficient (Wildman–Crippen LogP) is 2.04. The maximum absolute atomic E-state index is 13.0. The minimum atomic E-state index is -3.74. The first-order valence-electron chi connectivity index (χ1n) is 6.04. The zero-order valence-corrected chi connectivity index (χ0v) is 12.5. The first-order chi connectivity index (χ1) is 9.92. The first-order valence-corrected chi connectivity index (χ1v) is 8.40. The molecule has 2 aromatic rings. The third kappa shape index (κ3) is 4.07. The number of hydrogen-bond acceptors (Lipinski definition) is 4. The van der Waals surface area contributed by atoms with Crippen LogP contribution in [0.1, 0.15) is 10.4 Å². The van der Waals surface area contributed by atoms with Crippen LogP contribution in [0, 0.1) is 11.6 Å². The van der Waals surface area contributed by atoms with Crippen molar-refractivity contribution in [2.24, 2.45) is 0 Å². The summed E-state index contributed by atoms with van der Waals surface area (Å²) in [6, 6.07) is 4.47. The molecule has 114 valence electrons. The minimum absolute atomic E-state index is 0.00589. The highest BCUT2D eigenvalue weighted by Crippen LogP contribution is 2.21. The first kappa shape index (κ1) is 16.0. The van der Waals surface area contributed by atoms with E-state index < -0.39 is 21.7 Å². The largest absolute Gasteiger partial charge is 0.391 e. The summed E-state index contributed by atoms with van der Waals surface area (Å²) in [7, 11) is -3.74. The molecular weight excluding hydrogens is 320 g/mol. The monoisotopic (exact) mass is 333 g/mol. The summed E-state index contributed by atoms with van der Waals surface area (Å²) in [5.41, 5.74) is 0.364. The van der Waals surface area contributed by atoms with Gasteiger partial charge in [-0.05, 0) is 35.6 Å². The lowest BCUT2D eigenvalue weighted by Gasteiger charge is -2.07. The fourth-order valence-electron chi connectivity index (χ4n) is 1.85. The smallest absolute Gasteiger partial charge is 0.241 e. The highest BCUT2D eigenvalue weighted by molar-refractivity contribution is 7.89. The van der Waals surface area contributed by atoms with Crippen LogP contribution in [0.25, 0.3) is 0 Å². The molecule has 8 heteroatoms. The average molecular weight is 333 g/mol. The molecule has 1 heterocycles. The van der Waals surface area contributed by atoms with Crippen molar-refractivity contribution >= 4 is 21.4 Å². The third-order valence-electron chi connectivity index (χ3n) is 2.77. The Balaban J connectivity index is 2.02. The average Bonchev–Trinajstić information content (AvgIpc) is 2.86. The summed E-state index contributed by atoms with van der Waals surface area (Å²) >= 11 is 1.14. The second-order valence-electron chi connectivity index (χ2n) is 4.29. The third-order valence-corrected chi connectivity index (χ3v) is 5.35. The molecule has 0 amide bonds. The van der Waals surface area contributed by atoms with E-state index in [0.29, 0.717) is 10.4 Å². The topological polar surface area (TPSA) is 66.4 Å². The van der Waals surface area contributed by atoms with Crippen LogP contribution in [-0.4, -0.2) is 20.1 Å². The maximum atomic E-state index is 13.0. The Kier molecular flexibility index (Phi) is 5.04. The summed E-state index contributed by atoms with van der Waals surface area (Å²) in [6.45, 7) is -0.352. The van der Waals surface area contributed by atoms with Crippen LogP contribution in [0.2, 0.25) is 0 Å². The Labute approximate surface area is 125 Å². The van der Waals surface area contributed by atoms with Gasteiger partial charge in [-0.15, -0.1) is 11.3 Å². The zero-order chi connectivity index (χ0) is 15.5. The number of rotatable bonds is 6. The summed E-state index contributed by atoms with van der Waals surface area (Å²) in [5, 5.41) is 10.6. The van der Waals surface area contributed by atoms with Gasteiger partial charge in [0.25, 0.3) is 0 Å². The van der Waals surface area contributed by atoms with Crippen molar-refractivity contribution in [2.75, 3.05) is 6.54 Å². The van der Waals surface area contributed by atoms with Crippen molar-refractivity contribution < 1.29 is 22.3 Å². The van der Waals surface area contributed by atoms with Crippen LogP contribution in [-0.2, 0) is 23.1 Å². The van der Waals surface area contributed by atoms with Crippen molar-refractivity contribution in [2.45, 2.75) is 17.9 Å². The molecule has 0 atom stereocenters. The number of aliphatic hydroxyl groups is 1. The number of nitrogens with one attached hydrogen (secondary N) is 1. The molecule has 0 bridgehead atoms. The fraction of sp³-hybridized carbons (Fsp3) is 0.231. The molecule has 0 saturated carbocycles. The molecule has 0 fully saturated rings. The van der Waals surface area contributed by atoms with E-state index in [1.807, 2.05) is 0 Å². The number of aliphatic hydroxyl groups excluding tert-OH is 1. The molecule has 0 aliphatic heterocycles. The molecule has 0 aliphatic carbocycles. The molecule has 0 unspecified atom stereocenters. The Hall–Kier alpha value is -1.35. The van der Waals surface area contributed by atoms with Crippen molar-refractivity contribution in [3.05, 3.63) is 51.7 Å². The van der Waals surface area contributed by atoms with Gasteiger partial charge in [-0.3, -0.25) is 0 Å². The molecule has 4 nitrogen and oxygen atoms in total. The molecule has 0 radical (unpaired) electrons. The van der Waals surface area contributed by atoms with Crippen LogP contribution in [0.15, 0.2) is 34.5 Å². The van der Waals surface area contributed by atoms with Crippen LogP contribution in [0.5, 0.6) is 0 Å². The second-order valence-corrected chi connectivity index (χ2v) is 7.03. The normalized spacial score (nSPS) is 11.8. The highest BCUT2D eigenvalue weighted by Gasteiger charge is 2.18. The minimum Gasteiger partial charge on any atom is -0.391 e. The lowest BCUT2D eigenvalue weighted by Crippen LogP contribution is -2.26. The van der Waals surface area contributed by atoms with Crippen molar-refractivity contribution in [1.82, 2.24) is 4.72 Å². The molecule has 0 saturated heterocycles. The van der Waals surface area contributed by atoms with Gasteiger partial charge >= 0.3 is 0 Å². The van der Waals surface area contributed by atoms with Gasteiger partial charge in [-0.2, -0.15) is 0 Å². The van der Waals surface area contributed by atoms with Gasteiger partial charge < -0.3 is 5.11 Å². The van der Waals surface area contributed by atoms with Crippen molar-refractivity contribution in [1.29, 1.82) is 0 Å². The number of hydrogen-bond donors (Lipinski definition) is 2. The number of thiophene rings is 1. The molecule has 0 aliphatic rings. The summed E-state index contributed by atoms with van der Waals surface area (Å²) < 4.78 is 52.4. The second kappa shape index (κ2) is 6.61. The lowest BCUT2D eigenvalue weighted by molar-refractivity contribution is 0.282. The zero-order valence-electron chi connectivity index (χ0n) is 10.8. The Morgan fingerprint density at radius 3 is 2.48 bits per heavy atom. The Bertz CT molecular complexity index is 709. The van der Waals surface area contributed by atoms with E-state index in [9.17, 15) is 17.2 Å². The van der Waals surface area contributed by atoms with E-state index in [2.05, 4.69) is 4.72 Å². The summed E-state index contributed by atoms with van der Waals surface area (Å²) in [4.78, 5) is 0.375. The van der Waals surface area contributed by atoms with E-state index in [4.69, 9.17) is 5.11 Å². The van der Waals surface area contributed by atoms with E-state index in [1.54, 1.807) is 5.38 Å². The molecule has 0 spiro atoms. The van der Waals surface area contributed by atoms with Crippen molar-refractivity contribution in [3.8, 4) is 0 Å². The van der Waals surface area contributed by atoms with Gasteiger partial charge in [-0.1, -0.05) is 0 Å². The van der Waals surface area contributed by atoms with Crippen LogP contribution >= 0.6 is 11.3 Å². The quantitative estimate of drug-likeness (QED) is 0.850. The summed E-state index contributed by atoms with van der Waals surface area (Å²) in [5.74, 6) is -1.40. The van der Waals surface area contributed by atoms with Gasteiger partial charge in [0.1, 0.15) is 11.6 Å². The molecular formula is C13H13F2NO3S2. The van der Waals surface area contributed by atoms with Crippen LogP contribution < -0.4 is 4.72 Å². The van der Waals surface area contributed by atoms with Gasteiger partial charge in [0, 0.05) is 17.5 Å². The number of benzene rings is 1. The summed E-state index contributed by atoms with van der Waals surface area (Å²) in [6.07, 6.45) is 0.159. The van der Waals surface area contributed by atoms with Crippen LogP contribution in [0.3, 0.4) is 0 Å². The molecule has 2 rings (SSSR count).